The van der Waals surface area contributed by atoms with Crippen LogP contribution in [0.25, 0.3) is 0 Å². The smallest absolute Gasteiger partial charge is 0.239 e. The second-order valence-electron chi connectivity index (χ2n) is 5.70. The summed E-state index contributed by atoms with van der Waals surface area (Å²) < 4.78 is 13.8. The second kappa shape index (κ2) is 7.90. The minimum Gasteiger partial charge on any atom is -0.339 e. The molecule has 0 bridgehead atoms. The molecule has 2 N–H and O–H groups in total. The van der Waals surface area contributed by atoms with E-state index < -0.39 is 6.04 Å². The summed E-state index contributed by atoms with van der Waals surface area (Å²) in [7, 11) is 0. The van der Waals surface area contributed by atoms with Crippen LogP contribution in [0.1, 0.15) is 25.3 Å². The Bertz CT molecular complexity index is 498. The van der Waals surface area contributed by atoms with Gasteiger partial charge in [0.2, 0.25) is 5.91 Å². The number of carbonyl (C=O) groups excluding carboxylic acids is 1. The summed E-state index contributed by atoms with van der Waals surface area (Å²) >= 11 is 6.06. The van der Waals surface area contributed by atoms with Crippen LogP contribution in [-0.4, -0.2) is 47.9 Å². The van der Waals surface area contributed by atoms with Crippen LogP contribution in [0.4, 0.5) is 4.39 Å². The highest BCUT2D eigenvalue weighted by molar-refractivity contribution is 6.31. The maximum atomic E-state index is 13.8. The van der Waals surface area contributed by atoms with Gasteiger partial charge in [-0.3, -0.25) is 9.69 Å². The number of amides is 1. The van der Waals surface area contributed by atoms with Gasteiger partial charge in [-0.1, -0.05) is 31.0 Å². The average Bonchev–Trinajstić information content (AvgIpc) is 2.51. The summed E-state index contributed by atoms with van der Waals surface area (Å²) in [5.41, 5.74) is 6.40. The second-order valence-corrected chi connectivity index (χ2v) is 6.10. The topological polar surface area (TPSA) is 49.6 Å². The molecule has 1 aromatic rings. The molecule has 1 saturated heterocycles. The molecule has 0 saturated carbocycles. The first-order chi connectivity index (χ1) is 10.5. The summed E-state index contributed by atoms with van der Waals surface area (Å²) in [6.45, 7) is 5.15. The maximum absolute atomic E-state index is 13.8. The molecule has 1 unspecified atom stereocenters. The molecule has 4 nitrogen and oxygen atoms in total. The Morgan fingerprint density at radius 1 is 1.36 bits per heavy atom. The van der Waals surface area contributed by atoms with Gasteiger partial charge in [-0.25, -0.2) is 4.39 Å². The van der Waals surface area contributed by atoms with Crippen LogP contribution in [0.5, 0.6) is 0 Å². The van der Waals surface area contributed by atoms with E-state index in [2.05, 4.69) is 4.90 Å². The predicted octanol–water partition coefficient (Wildman–Crippen LogP) is 2.25. The van der Waals surface area contributed by atoms with E-state index >= 15 is 0 Å². The van der Waals surface area contributed by atoms with Crippen molar-refractivity contribution >= 4 is 17.5 Å². The average molecular weight is 328 g/mol. The summed E-state index contributed by atoms with van der Waals surface area (Å²) in [6, 6.07) is 4.32. The molecule has 22 heavy (non-hydrogen) atoms. The molecule has 0 spiro atoms. The number of rotatable bonds is 5. The molecule has 2 rings (SSSR count). The van der Waals surface area contributed by atoms with Crippen molar-refractivity contribution in [3.05, 3.63) is 34.6 Å². The van der Waals surface area contributed by atoms with Crippen molar-refractivity contribution in [1.82, 2.24) is 9.80 Å². The minimum atomic E-state index is -0.405. The highest BCUT2D eigenvalue weighted by Gasteiger charge is 2.25. The molecule has 1 heterocycles. The van der Waals surface area contributed by atoms with Crippen molar-refractivity contribution in [3.63, 3.8) is 0 Å². The first-order valence-electron chi connectivity index (χ1n) is 7.72. The van der Waals surface area contributed by atoms with E-state index in [9.17, 15) is 9.18 Å². The molecule has 1 aliphatic rings. The zero-order chi connectivity index (χ0) is 16.1. The zero-order valence-electron chi connectivity index (χ0n) is 12.9. The lowest BCUT2D eigenvalue weighted by Crippen LogP contribution is -2.52. The largest absolute Gasteiger partial charge is 0.339 e. The summed E-state index contributed by atoms with van der Waals surface area (Å²) in [6.07, 6.45) is 1.61. The Morgan fingerprint density at radius 2 is 2.05 bits per heavy atom. The molecule has 1 fully saturated rings. The standard InChI is InChI=1S/C16H23ClFN3O/c1-2-4-15(19)16(22)21-9-7-20(8-10-21)11-12-13(17)5-3-6-14(12)18/h3,5-6,15H,2,4,7-11,19H2,1H3. The maximum Gasteiger partial charge on any atom is 0.239 e. The Morgan fingerprint density at radius 3 is 2.64 bits per heavy atom. The molecule has 0 aliphatic carbocycles. The first kappa shape index (κ1) is 17.2. The van der Waals surface area contributed by atoms with Gasteiger partial charge in [-0.05, 0) is 18.6 Å². The number of nitrogens with two attached hydrogens (primary N) is 1. The van der Waals surface area contributed by atoms with Crippen molar-refractivity contribution in [3.8, 4) is 0 Å². The Kier molecular flexibility index (Phi) is 6.17. The van der Waals surface area contributed by atoms with Gasteiger partial charge in [0.25, 0.3) is 0 Å². The van der Waals surface area contributed by atoms with Crippen molar-refractivity contribution in [2.24, 2.45) is 5.73 Å². The van der Waals surface area contributed by atoms with Gasteiger partial charge in [0.15, 0.2) is 0 Å². The summed E-state index contributed by atoms with van der Waals surface area (Å²) in [4.78, 5) is 16.1. The van der Waals surface area contributed by atoms with E-state index in [1.807, 2.05) is 6.92 Å². The van der Waals surface area contributed by atoms with Crippen LogP contribution in [0.2, 0.25) is 5.02 Å². The fourth-order valence-electron chi connectivity index (χ4n) is 2.70. The lowest BCUT2D eigenvalue weighted by molar-refractivity contribution is -0.134. The van der Waals surface area contributed by atoms with Gasteiger partial charge in [0.05, 0.1) is 6.04 Å². The third kappa shape index (κ3) is 4.18. The highest BCUT2D eigenvalue weighted by atomic mass is 35.5. The molecule has 1 aliphatic heterocycles. The van der Waals surface area contributed by atoms with Crippen molar-refractivity contribution in [2.75, 3.05) is 26.2 Å². The number of benzene rings is 1. The minimum absolute atomic E-state index is 0.0189. The van der Waals surface area contributed by atoms with Gasteiger partial charge < -0.3 is 10.6 Å². The van der Waals surface area contributed by atoms with Crippen LogP contribution < -0.4 is 5.73 Å². The molecule has 6 heteroatoms. The van der Waals surface area contributed by atoms with E-state index in [0.717, 1.165) is 6.42 Å². The van der Waals surface area contributed by atoms with Crippen LogP contribution in [0.15, 0.2) is 18.2 Å². The van der Waals surface area contributed by atoms with Crippen molar-refractivity contribution in [2.45, 2.75) is 32.4 Å². The number of halogens is 2. The fraction of sp³-hybridized carbons (Fsp3) is 0.562. The molecular formula is C16H23ClFN3O. The van der Waals surface area contributed by atoms with Gasteiger partial charge in [-0.2, -0.15) is 0 Å². The fourth-order valence-corrected chi connectivity index (χ4v) is 2.93. The Balaban J connectivity index is 1.89. The number of carbonyl (C=O) groups is 1. The third-order valence-corrected chi connectivity index (χ3v) is 4.40. The van der Waals surface area contributed by atoms with E-state index in [0.29, 0.717) is 49.7 Å². The van der Waals surface area contributed by atoms with Gasteiger partial charge in [0, 0.05) is 43.3 Å². The summed E-state index contributed by atoms with van der Waals surface area (Å²) in [5, 5.41) is 0.448. The molecule has 1 atom stereocenters. The third-order valence-electron chi connectivity index (χ3n) is 4.04. The summed E-state index contributed by atoms with van der Waals surface area (Å²) in [5.74, 6) is -0.263. The SMILES string of the molecule is CCCC(N)C(=O)N1CCN(Cc2c(F)cccc2Cl)CC1. The van der Waals surface area contributed by atoms with Gasteiger partial charge in [0.1, 0.15) is 5.82 Å². The van der Waals surface area contributed by atoms with Crippen molar-refractivity contribution < 1.29 is 9.18 Å². The number of nitrogens with zero attached hydrogens (tertiary/aromatic N) is 2. The van der Waals surface area contributed by atoms with E-state index in [1.165, 1.54) is 6.07 Å². The molecular weight excluding hydrogens is 305 g/mol. The molecule has 1 amide bonds. The van der Waals surface area contributed by atoms with Crippen molar-refractivity contribution in [1.29, 1.82) is 0 Å². The van der Waals surface area contributed by atoms with E-state index in [4.69, 9.17) is 17.3 Å². The number of hydrogen-bond acceptors (Lipinski definition) is 3. The lowest BCUT2D eigenvalue weighted by atomic mass is 10.1. The molecule has 0 radical (unpaired) electrons. The predicted molar refractivity (Wildman–Crippen MR) is 86.2 cm³/mol. The molecule has 122 valence electrons. The van der Waals surface area contributed by atoms with Crippen LogP contribution in [0, 0.1) is 5.82 Å². The van der Waals surface area contributed by atoms with Crippen LogP contribution in [0.3, 0.4) is 0 Å². The van der Waals surface area contributed by atoms with E-state index in [1.54, 1.807) is 17.0 Å². The number of piperazine rings is 1. The van der Waals surface area contributed by atoms with Gasteiger partial charge in [-0.15, -0.1) is 0 Å². The molecule has 1 aromatic carbocycles. The normalized spacial score (nSPS) is 17.5. The van der Waals surface area contributed by atoms with Crippen LogP contribution >= 0.6 is 11.6 Å². The first-order valence-corrected chi connectivity index (χ1v) is 8.10. The quantitative estimate of drug-likeness (QED) is 0.902. The molecule has 0 aromatic heterocycles. The van der Waals surface area contributed by atoms with E-state index in [-0.39, 0.29) is 11.7 Å². The lowest BCUT2D eigenvalue weighted by Gasteiger charge is -2.36. The number of hydrogen-bond donors (Lipinski definition) is 1. The Labute approximate surface area is 136 Å². The van der Waals surface area contributed by atoms with Gasteiger partial charge >= 0.3 is 0 Å². The Hall–Kier alpha value is -1.17. The monoisotopic (exact) mass is 327 g/mol. The highest BCUT2D eigenvalue weighted by Crippen LogP contribution is 2.21. The van der Waals surface area contributed by atoms with Crippen LogP contribution in [-0.2, 0) is 11.3 Å². The zero-order valence-corrected chi connectivity index (χ0v) is 13.7.